The Bertz CT molecular complexity index is 1050. The van der Waals surface area contributed by atoms with E-state index >= 15 is 0 Å². The van der Waals surface area contributed by atoms with Crippen molar-refractivity contribution in [2.75, 3.05) is 5.32 Å². The van der Waals surface area contributed by atoms with Gasteiger partial charge < -0.3 is 10.1 Å². The summed E-state index contributed by atoms with van der Waals surface area (Å²) in [6.45, 7) is 2.06. The molecule has 0 atom stereocenters. The molecule has 1 aliphatic carbocycles. The molecule has 0 radical (unpaired) electrons. The van der Waals surface area contributed by atoms with Crippen LogP contribution in [0.3, 0.4) is 0 Å². The van der Waals surface area contributed by atoms with Gasteiger partial charge in [0, 0.05) is 11.7 Å². The molecule has 2 aliphatic rings. The lowest BCUT2D eigenvalue weighted by molar-refractivity contribution is -0.140. The topological polar surface area (TPSA) is 75.7 Å². The van der Waals surface area contributed by atoms with Crippen molar-refractivity contribution in [3.8, 4) is 5.75 Å². The van der Waals surface area contributed by atoms with Crippen LogP contribution in [0.25, 0.3) is 0 Å². The first-order valence-corrected chi connectivity index (χ1v) is 11.3. The van der Waals surface area contributed by atoms with Crippen LogP contribution in [0.4, 0.5) is 5.69 Å². The summed E-state index contributed by atoms with van der Waals surface area (Å²) < 4.78 is 5.41. The van der Waals surface area contributed by atoms with Gasteiger partial charge in [0.1, 0.15) is 16.5 Å². The number of carbonyl (C=O) groups excluding carboxylic acids is 3. The van der Waals surface area contributed by atoms with Crippen molar-refractivity contribution in [2.24, 2.45) is 0 Å². The Hall–Kier alpha value is -3.12. The van der Waals surface area contributed by atoms with Gasteiger partial charge in [-0.3, -0.25) is 14.5 Å². The highest BCUT2D eigenvalue weighted by Crippen LogP contribution is 2.32. The minimum Gasteiger partial charge on any atom is -0.423 e. The number of esters is 1. The molecule has 2 aromatic carbocycles. The summed E-state index contributed by atoms with van der Waals surface area (Å²) in [6, 6.07) is 13.8. The monoisotopic (exact) mass is 452 g/mol. The molecule has 0 spiro atoms. The van der Waals surface area contributed by atoms with Gasteiger partial charge in [-0.1, -0.05) is 49.9 Å². The average molecular weight is 453 g/mol. The van der Waals surface area contributed by atoms with Crippen LogP contribution in [-0.4, -0.2) is 28.7 Å². The van der Waals surface area contributed by atoms with Gasteiger partial charge in [-0.2, -0.15) is 0 Å². The third-order valence-electron chi connectivity index (χ3n) is 5.93. The first-order chi connectivity index (χ1) is 15.5. The van der Waals surface area contributed by atoms with Gasteiger partial charge in [-0.05, 0) is 61.2 Å². The van der Waals surface area contributed by atoms with Crippen molar-refractivity contribution in [3.05, 3.63) is 70.4 Å². The van der Waals surface area contributed by atoms with E-state index in [0.717, 1.165) is 44.1 Å². The molecule has 0 aromatic heterocycles. The molecule has 1 aliphatic heterocycles. The lowest BCUT2D eigenvalue weighted by atomic mass is 9.94. The normalized spacial score (nSPS) is 17.1. The summed E-state index contributed by atoms with van der Waals surface area (Å²) >= 11 is 6.21. The SMILES string of the molecule is CCc1ccc(OC(=O)c2ccc(NC3=C(Cl)C(=O)N(C4CCCCC4)C3=O)cc2)cc1. The predicted octanol–water partition coefficient (Wildman–Crippen LogP) is 5.03. The lowest BCUT2D eigenvalue weighted by Crippen LogP contribution is -2.42. The number of imide groups is 1. The van der Waals surface area contributed by atoms with Crippen molar-refractivity contribution in [1.82, 2.24) is 4.90 Å². The molecule has 0 unspecified atom stereocenters. The fraction of sp³-hybridized carbons (Fsp3) is 0.320. The Morgan fingerprint density at radius 3 is 2.28 bits per heavy atom. The Balaban J connectivity index is 1.42. The molecule has 2 amide bonds. The van der Waals surface area contributed by atoms with Crippen LogP contribution >= 0.6 is 11.6 Å². The standard InChI is InChI=1S/C25H25ClN2O4/c1-2-16-8-14-20(15-9-16)32-25(31)17-10-12-18(13-11-17)27-22-21(26)23(29)28(24(22)30)19-6-4-3-5-7-19/h8-15,19,27H,2-7H2,1H3. The number of hydrogen-bond donors (Lipinski definition) is 1. The molecule has 166 valence electrons. The summed E-state index contributed by atoms with van der Waals surface area (Å²) in [5.41, 5.74) is 2.16. The van der Waals surface area contributed by atoms with Crippen LogP contribution in [0.5, 0.6) is 5.75 Å². The average Bonchev–Trinajstić information content (AvgIpc) is 3.03. The number of rotatable bonds is 6. The van der Waals surface area contributed by atoms with Crippen LogP contribution in [0.1, 0.15) is 54.9 Å². The van der Waals surface area contributed by atoms with Gasteiger partial charge in [0.2, 0.25) is 0 Å². The number of halogens is 1. The van der Waals surface area contributed by atoms with E-state index in [4.69, 9.17) is 16.3 Å². The zero-order chi connectivity index (χ0) is 22.7. The molecular weight excluding hydrogens is 428 g/mol. The molecule has 1 saturated carbocycles. The fourth-order valence-corrected chi connectivity index (χ4v) is 4.31. The van der Waals surface area contributed by atoms with Crippen molar-refractivity contribution in [2.45, 2.75) is 51.5 Å². The van der Waals surface area contributed by atoms with Crippen molar-refractivity contribution < 1.29 is 19.1 Å². The third-order valence-corrected chi connectivity index (χ3v) is 6.28. The number of benzene rings is 2. The summed E-state index contributed by atoms with van der Waals surface area (Å²) in [4.78, 5) is 39.2. The second kappa shape index (κ2) is 9.57. The highest BCUT2D eigenvalue weighted by atomic mass is 35.5. The van der Waals surface area contributed by atoms with Gasteiger partial charge in [-0.25, -0.2) is 4.79 Å². The van der Waals surface area contributed by atoms with Crippen LogP contribution in [0.15, 0.2) is 59.3 Å². The molecule has 2 aromatic rings. The zero-order valence-electron chi connectivity index (χ0n) is 17.9. The number of carbonyl (C=O) groups is 3. The van der Waals surface area contributed by atoms with E-state index in [1.807, 2.05) is 12.1 Å². The Morgan fingerprint density at radius 1 is 1.00 bits per heavy atom. The number of hydrogen-bond acceptors (Lipinski definition) is 5. The lowest BCUT2D eigenvalue weighted by Gasteiger charge is -2.29. The summed E-state index contributed by atoms with van der Waals surface area (Å²) in [5.74, 6) is -0.843. The number of anilines is 1. The molecule has 32 heavy (non-hydrogen) atoms. The van der Waals surface area contributed by atoms with E-state index in [1.165, 1.54) is 4.90 Å². The van der Waals surface area contributed by atoms with E-state index in [9.17, 15) is 14.4 Å². The van der Waals surface area contributed by atoms with Gasteiger partial charge in [-0.15, -0.1) is 0 Å². The van der Waals surface area contributed by atoms with E-state index in [2.05, 4.69) is 12.2 Å². The molecule has 4 rings (SSSR count). The summed E-state index contributed by atoms with van der Waals surface area (Å²) in [7, 11) is 0. The maximum absolute atomic E-state index is 12.9. The second-order valence-electron chi connectivity index (χ2n) is 8.05. The molecule has 1 N–H and O–H groups in total. The highest BCUT2D eigenvalue weighted by molar-refractivity contribution is 6.48. The molecular formula is C25H25ClN2O4. The highest BCUT2D eigenvalue weighted by Gasteiger charge is 2.42. The van der Waals surface area contributed by atoms with Crippen LogP contribution < -0.4 is 10.1 Å². The molecule has 1 fully saturated rings. The first kappa shape index (κ1) is 22.1. The van der Waals surface area contributed by atoms with Crippen molar-refractivity contribution >= 4 is 35.1 Å². The van der Waals surface area contributed by atoms with Gasteiger partial charge in [0.25, 0.3) is 11.8 Å². The number of ether oxygens (including phenoxy) is 1. The minimum atomic E-state index is -0.478. The summed E-state index contributed by atoms with van der Waals surface area (Å²) in [5, 5.41) is 2.85. The molecule has 0 saturated heterocycles. The summed E-state index contributed by atoms with van der Waals surface area (Å²) in [6.07, 6.45) is 5.66. The maximum atomic E-state index is 12.9. The fourth-order valence-electron chi connectivity index (χ4n) is 4.09. The number of nitrogens with zero attached hydrogens (tertiary/aromatic N) is 1. The predicted molar refractivity (Wildman–Crippen MR) is 122 cm³/mol. The third kappa shape index (κ3) is 4.55. The Morgan fingerprint density at radius 2 is 1.66 bits per heavy atom. The molecule has 0 bridgehead atoms. The van der Waals surface area contributed by atoms with Gasteiger partial charge >= 0.3 is 5.97 Å². The Kier molecular flexibility index (Phi) is 6.61. The van der Waals surface area contributed by atoms with E-state index in [1.54, 1.807) is 36.4 Å². The zero-order valence-corrected chi connectivity index (χ0v) is 18.7. The smallest absolute Gasteiger partial charge is 0.343 e. The number of nitrogens with one attached hydrogen (secondary N) is 1. The number of amides is 2. The molecule has 1 heterocycles. The number of aryl methyl sites for hydroxylation is 1. The van der Waals surface area contributed by atoms with E-state index in [-0.39, 0.29) is 16.8 Å². The van der Waals surface area contributed by atoms with Crippen molar-refractivity contribution in [1.29, 1.82) is 0 Å². The molecule has 7 heteroatoms. The van der Waals surface area contributed by atoms with E-state index < -0.39 is 17.8 Å². The van der Waals surface area contributed by atoms with Gasteiger partial charge in [0.15, 0.2) is 0 Å². The molecule has 6 nitrogen and oxygen atoms in total. The second-order valence-corrected chi connectivity index (χ2v) is 8.43. The van der Waals surface area contributed by atoms with E-state index in [0.29, 0.717) is 17.0 Å². The minimum absolute atomic E-state index is 0.0774. The van der Waals surface area contributed by atoms with Crippen LogP contribution in [0, 0.1) is 0 Å². The Labute approximate surface area is 192 Å². The van der Waals surface area contributed by atoms with Crippen molar-refractivity contribution in [3.63, 3.8) is 0 Å². The van der Waals surface area contributed by atoms with Crippen LogP contribution in [0.2, 0.25) is 0 Å². The van der Waals surface area contributed by atoms with Crippen LogP contribution in [-0.2, 0) is 16.0 Å². The maximum Gasteiger partial charge on any atom is 0.343 e. The van der Waals surface area contributed by atoms with Gasteiger partial charge in [0.05, 0.1) is 5.56 Å². The first-order valence-electron chi connectivity index (χ1n) is 10.9. The largest absolute Gasteiger partial charge is 0.423 e. The quantitative estimate of drug-likeness (QED) is 0.378.